The molecule has 0 saturated heterocycles. The first-order valence-corrected chi connectivity index (χ1v) is 8.01. The molecule has 1 aromatic carbocycles. The molecular formula is C11H16BrNO3S. The van der Waals surface area contributed by atoms with Crippen molar-refractivity contribution in [2.75, 3.05) is 25.7 Å². The van der Waals surface area contributed by atoms with E-state index in [9.17, 15) is 8.42 Å². The minimum atomic E-state index is -2.97. The third kappa shape index (κ3) is 5.52. The summed E-state index contributed by atoms with van der Waals surface area (Å²) in [5.41, 5.74) is 1.07. The summed E-state index contributed by atoms with van der Waals surface area (Å²) in [6, 6.07) is 5.59. The molecule has 4 nitrogen and oxygen atoms in total. The van der Waals surface area contributed by atoms with Gasteiger partial charge in [0.15, 0.2) is 9.84 Å². The Bertz CT molecular complexity index is 474. The summed E-state index contributed by atoms with van der Waals surface area (Å²) in [7, 11) is -1.10. The molecule has 1 N–H and O–H groups in total. The van der Waals surface area contributed by atoms with Crippen molar-refractivity contribution in [2.45, 2.75) is 6.54 Å². The highest BCUT2D eigenvalue weighted by molar-refractivity contribution is 9.10. The quantitative estimate of drug-likeness (QED) is 0.864. The fraction of sp³-hybridized carbons (Fsp3) is 0.455. The van der Waals surface area contributed by atoms with Crippen molar-refractivity contribution in [1.82, 2.24) is 5.32 Å². The molecule has 0 fully saturated rings. The molecule has 6 heteroatoms. The third-order valence-corrected chi connectivity index (χ3v) is 3.79. The topological polar surface area (TPSA) is 55.4 Å². The van der Waals surface area contributed by atoms with E-state index in [1.165, 1.54) is 6.26 Å². The van der Waals surface area contributed by atoms with E-state index in [1.54, 1.807) is 0 Å². The molecule has 0 aliphatic rings. The second kappa shape index (κ2) is 6.37. The Kier molecular flexibility index (Phi) is 5.42. The highest BCUT2D eigenvalue weighted by Crippen LogP contribution is 2.22. The smallest absolute Gasteiger partial charge is 0.150 e. The van der Waals surface area contributed by atoms with Crippen LogP contribution < -0.4 is 10.1 Å². The number of rotatable bonds is 6. The van der Waals surface area contributed by atoms with E-state index in [4.69, 9.17) is 4.74 Å². The van der Waals surface area contributed by atoms with Crippen molar-refractivity contribution < 1.29 is 13.2 Å². The summed E-state index contributed by atoms with van der Waals surface area (Å²) in [6.45, 7) is 0.906. The van der Waals surface area contributed by atoms with Gasteiger partial charge < -0.3 is 10.1 Å². The van der Waals surface area contributed by atoms with Gasteiger partial charge in [-0.2, -0.15) is 0 Å². The van der Waals surface area contributed by atoms with Gasteiger partial charge in [-0.3, -0.25) is 0 Å². The van der Waals surface area contributed by atoms with Gasteiger partial charge in [0.1, 0.15) is 12.4 Å². The van der Waals surface area contributed by atoms with Crippen LogP contribution in [0.4, 0.5) is 0 Å². The first-order chi connectivity index (χ1) is 7.92. The second-order valence-corrected chi connectivity index (χ2v) is 6.88. The molecule has 1 rings (SSSR count). The van der Waals surface area contributed by atoms with E-state index < -0.39 is 9.84 Å². The molecule has 0 aliphatic carbocycles. The molecule has 0 amide bonds. The van der Waals surface area contributed by atoms with E-state index in [-0.39, 0.29) is 12.4 Å². The Morgan fingerprint density at radius 2 is 2.12 bits per heavy atom. The van der Waals surface area contributed by atoms with Crippen LogP contribution in [-0.4, -0.2) is 34.1 Å². The Morgan fingerprint density at radius 1 is 1.41 bits per heavy atom. The van der Waals surface area contributed by atoms with Crippen molar-refractivity contribution in [2.24, 2.45) is 0 Å². The first kappa shape index (κ1) is 14.5. The Labute approximate surface area is 110 Å². The average molecular weight is 322 g/mol. The largest absolute Gasteiger partial charge is 0.493 e. The van der Waals surface area contributed by atoms with E-state index in [2.05, 4.69) is 21.2 Å². The normalized spacial score (nSPS) is 11.5. The molecular weight excluding hydrogens is 306 g/mol. The lowest BCUT2D eigenvalue weighted by Crippen LogP contribution is -2.12. The molecule has 0 spiro atoms. The Morgan fingerprint density at radius 3 is 2.71 bits per heavy atom. The maximum atomic E-state index is 10.9. The highest BCUT2D eigenvalue weighted by Gasteiger charge is 2.04. The summed E-state index contributed by atoms with van der Waals surface area (Å²) in [5.74, 6) is 0.715. The molecule has 0 unspecified atom stereocenters. The number of benzene rings is 1. The highest BCUT2D eigenvalue weighted by atomic mass is 79.9. The van der Waals surface area contributed by atoms with Crippen molar-refractivity contribution in [1.29, 1.82) is 0 Å². The van der Waals surface area contributed by atoms with E-state index >= 15 is 0 Å². The molecule has 0 heterocycles. The van der Waals surface area contributed by atoms with Gasteiger partial charge in [0.2, 0.25) is 0 Å². The van der Waals surface area contributed by atoms with Gasteiger partial charge in [0.25, 0.3) is 0 Å². The van der Waals surface area contributed by atoms with Gasteiger partial charge in [0, 0.05) is 17.3 Å². The summed E-state index contributed by atoms with van der Waals surface area (Å²) in [5, 5.41) is 3.05. The van der Waals surface area contributed by atoms with Gasteiger partial charge >= 0.3 is 0 Å². The zero-order valence-corrected chi connectivity index (χ0v) is 12.3. The summed E-state index contributed by atoms with van der Waals surface area (Å²) in [6.07, 6.45) is 1.20. The van der Waals surface area contributed by atoms with Gasteiger partial charge in [-0.1, -0.05) is 15.9 Å². The molecule has 0 atom stereocenters. The lowest BCUT2D eigenvalue weighted by Gasteiger charge is -2.09. The fourth-order valence-corrected chi connectivity index (χ4v) is 2.05. The van der Waals surface area contributed by atoms with Crippen molar-refractivity contribution in [3.8, 4) is 5.75 Å². The van der Waals surface area contributed by atoms with Gasteiger partial charge in [-0.05, 0) is 30.8 Å². The number of halogens is 1. The predicted octanol–water partition coefficient (Wildman–Crippen LogP) is 1.59. The minimum Gasteiger partial charge on any atom is -0.493 e. The summed E-state index contributed by atoms with van der Waals surface area (Å²) in [4.78, 5) is 0. The molecule has 0 radical (unpaired) electrons. The lowest BCUT2D eigenvalue weighted by molar-refractivity contribution is 0.340. The third-order valence-electron chi connectivity index (χ3n) is 2.11. The van der Waals surface area contributed by atoms with Crippen molar-refractivity contribution >= 4 is 25.8 Å². The number of nitrogens with one attached hydrogen (secondary N) is 1. The van der Waals surface area contributed by atoms with E-state index in [0.717, 1.165) is 16.6 Å². The molecule has 96 valence electrons. The van der Waals surface area contributed by atoms with Crippen LogP contribution >= 0.6 is 15.9 Å². The van der Waals surface area contributed by atoms with Crippen LogP contribution in [0.2, 0.25) is 0 Å². The van der Waals surface area contributed by atoms with Crippen molar-refractivity contribution in [3.05, 3.63) is 28.2 Å². The predicted molar refractivity (Wildman–Crippen MR) is 72.1 cm³/mol. The van der Waals surface area contributed by atoms with Crippen LogP contribution in [0.25, 0.3) is 0 Å². The summed E-state index contributed by atoms with van der Waals surface area (Å²) >= 11 is 3.44. The zero-order valence-electron chi connectivity index (χ0n) is 9.86. The Balaban J connectivity index is 2.63. The van der Waals surface area contributed by atoms with Crippen LogP contribution in [0.15, 0.2) is 22.7 Å². The maximum absolute atomic E-state index is 10.9. The maximum Gasteiger partial charge on any atom is 0.150 e. The van der Waals surface area contributed by atoms with Crippen LogP contribution in [0.5, 0.6) is 5.75 Å². The summed E-state index contributed by atoms with van der Waals surface area (Å²) < 4.78 is 28.3. The number of hydrogen-bond donors (Lipinski definition) is 1. The van der Waals surface area contributed by atoms with Crippen molar-refractivity contribution in [3.63, 3.8) is 0 Å². The second-order valence-electron chi connectivity index (χ2n) is 3.76. The minimum absolute atomic E-state index is 0.0322. The fourth-order valence-electron chi connectivity index (χ4n) is 1.28. The van der Waals surface area contributed by atoms with Crippen LogP contribution in [-0.2, 0) is 16.4 Å². The first-order valence-electron chi connectivity index (χ1n) is 5.16. The molecule has 0 aromatic heterocycles. The molecule has 0 bridgehead atoms. The van der Waals surface area contributed by atoms with Gasteiger partial charge in [-0.15, -0.1) is 0 Å². The monoisotopic (exact) mass is 321 g/mol. The van der Waals surface area contributed by atoms with E-state index in [1.807, 2.05) is 25.2 Å². The number of hydrogen-bond acceptors (Lipinski definition) is 4. The van der Waals surface area contributed by atoms with Crippen LogP contribution in [0, 0.1) is 0 Å². The molecule has 0 aliphatic heterocycles. The van der Waals surface area contributed by atoms with Crippen LogP contribution in [0.3, 0.4) is 0 Å². The lowest BCUT2D eigenvalue weighted by atomic mass is 10.2. The SMILES string of the molecule is CNCc1cc(OCCS(C)(=O)=O)ccc1Br. The van der Waals surface area contributed by atoms with Gasteiger partial charge in [0.05, 0.1) is 5.75 Å². The average Bonchev–Trinajstić information content (AvgIpc) is 2.21. The van der Waals surface area contributed by atoms with Gasteiger partial charge in [-0.25, -0.2) is 8.42 Å². The molecule has 1 aromatic rings. The molecule has 0 saturated carbocycles. The van der Waals surface area contributed by atoms with E-state index in [0.29, 0.717) is 5.75 Å². The van der Waals surface area contributed by atoms with Crippen LogP contribution in [0.1, 0.15) is 5.56 Å². The standard InChI is InChI=1S/C11H16BrNO3S/c1-13-8-9-7-10(3-4-11(9)12)16-5-6-17(2,14)15/h3-4,7,13H,5-6,8H2,1-2H3. The molecule has 17 heavy (non-hydrogen) atoms. The zero-order chi connectivity index (χ0) is 12.9. The number of ether oxygens (including phenoxy) is 1. The Hall–Kier alpha value is -0.590. The number of sulfone groups is 1.